The summed E-state index contributed by atoms with van der Waals surface area (Å²) in [5.74, 6) is -0.444. The van der Waals surface area contributed by atoms with Crippen LogP contribution in [0.4, 0.5) is 0 Å². The molecule has 0 rings (SSSR count). The van der Waals surface area contributed by atoms with E-state index < -0.39 is 11.5 Å². The third-order valence-electron chi connectivity index (χ3n) is 2.30. The summed E-state index contributed by atoms with van der Waals surface area (Å²) >= 11 is 0. The number of hydrogen-bond acceptors (Lipinski definition) is 3. The van der Waals surface area contributed by atoms with Crippen LogP contribution in [0, 0.1) is 0 Å². The molecule has 0 heterocycles. The fourth-order valence-corrected chi connectivity index (χ4v) is 1.23. The van der Waals surface area contributed by atoms with Crippen LogP contribution in [0.3, 0.4) is 0 Å². The summed E-state index contributed by atoms with van der Waals surface area (Å²) in [5, 5.41) is 11.9. The zero-order chi connectivity index (χ0) is 12.8. The summed E-state index contributed by atoms with van der Waals surface area (Å²) < 4.78 is 0. The van der Waals surface area contributed by atoms with Crippen molar-refractivity contribution >= 4 is 11.8 Å². The van der Waals surface area contributed by atoms with Crippen molar-refractivity contribution in [3.05, 3.63) is 0 Å². The van der Waals surface area contributed by atoms with E-state index in [1.54, 1.807) is 4.90 Å². The molecule has 0 aliphatic carbocycles. The monoisotopic (exact) mass is 230 g/mol. The van der Waals surface area contributed by atoms with Gasteiger partial charge in [-0.3, -0.25) is 9.59 Å². The van der Waals surface area contributed by atoms with Crippen LogP contribution >= 0.6 is 0 Å². The normalized spacial score (nSPS) is 11.1. The van der Waals surface area contributed by atoms with Gasteiger partial charge in [-0.15, -0.1) is 0 Å². The van der Waals surface area contributed by atoms with Gasteiger partial charge in [0.15, 0.2) is 0 Å². The minimum Gasteiger partial charge on any atom is -0.381 e. The standard InChI is InChI=1S/C11H22N2O3/c1-5-13(6-2)9(14)7-8-12-10(15)11(3,4)16/h16H,5-8H2,1-4H3,(H,12,15). The number of nitrogens with zero attached hydrogens (tertiary/aromatic N) is 1. The van der Waals surface area contributed by atoms with Gasteiger partial charge in [0.25, 0.3) is 5.91 Å². The molecule has 0 aromatic carbocycles. The Morgan fingerprint density at radius 2 is 1.75 bits per heavy atom. The Hall–Kier alpha value is -1.10. The van der Waals surface area contributed by atoms with Gasteiger partial charge in [-0.05, 0) is 27.7 Å². The Morgan fingerprint density at radius 3 is 2.12 bits per heavy atom. The van der Waals surface area contributed by atoms with Gasteiger partial charge >= 0.3 is 0 Å². The van der Waals surface area contributed by atoms with E-state index in [-0.39, 0.29) is 18.9 Å². The molecule has 0 radical (unpaired) electrons. The molecule has 0 fully saturated rings. The van der Waals surface area contributed by atoms with Crippen molar-refractivity contribution in [2.24, 2.45) is 0 Å². The first-order chi connectivity index (χ1) is 7.32. The SMILES string of the molecule is CCN(CC)C(=O)CCNC(=O)C(C)(C)O. The number of carbonyl (C=O) groups excluding carboxylic acids is 2. The maximum absolute atomic E-state index is 11.5. The van der Waals surface area contributed by atoms with Crippen LogP contribution in [0.2, 0.25) is 0 Å². The van der Waals surface area contributed by atoms with E-state index in [2.05, 4.69) is 5.32 Å². The highest BCUT2D eigenvalue weighted by Gasteiger charge is 2.23. The Balaban J connectivity index is 3.91. The lowest BCUT2D eigenvalue weighted by molar-refractivity contribution is -0.136. The van der Waals surface area contributed by atoms with E-state index in [9.17, 15) is 14.7 Å². The van der Waals surface area contributed by atoms with Crippen LogP contribution in [-0.4, -0.2) is 47.1 Å². The van der Waals surface area contributed by atoms with Gasteiger partial charge in [0.2, 0.25) is 5.91 Å². The second-order valence-electron chi connectivity index (χ2n) is 4.13. The van der Waals surface area contributed by atoms with Crippen molar-refractivity contribution in [3.63, 3.8) is 0 Å². The fraction of sp³-hybridized carbons (Fsp3) is 0.818. The molecule has 0 aliphatic heterocycles. The molecule has 0 spiro atoms. The molecule has 0 aliphatic rings. The molecule has 0 atom stereocenters. The second-order valence-corrected chi connectivity index (χ2v) is 4.13. The highest BCUT2D eigenvalue weighted by molar-refractivity contribution is 5.84. The topological polar surface area (TPSA) is 69.6 Å². The van der Waals surface area contributed by atoms with E-state index in [0.29, 0.717) is 13.1 Å². The third-order valence-corrected chi connectivity index (χ3v) is 2.30. The maximum atomic E-state index is 11.5. The van der Waals surface area contributed by atoms with Crippen LogP contribution in [-0.2, 0) is 9.59 Å². The van der Waals surface area contributed by atoms with E-state index >= 15 is 0 Å². The Labute approximate surface area is 96.8 Å². The van der Waals surface area contributed by atoms with Gasteiger partial charge in [0, 0.05) is 26.1 Å². The largest absolute Gasteiger partial charge is 0.381 e. The van der Waals surface area contributed by atoms with Gasteiger partial charge in [0.1, 0.15) is 5.60 Å². The molecule has 16 heavy (non-hydrogen) atoms. The Bertz CT molecular complexity index is 242. The predicted molar refractivity (Wildman–Crippen MR) is 61.9 cm³/mol. The molecule has 0 unspecified atom stereocenters. The van der Waals surface area contributed by atoms with Crippen LogP contribution in [0.25, 0.3) is 0 Å². The Morgan fingerprint density at radius 1 is 1.25 bits per heavy atom. The van der Waals surface area contributed by atoms with E-state index in [0.717, 1.165) is 0 Å². The van der Waals surface area contributed by atoms with E-state index in [1.165, 1.54) is 13.8 Å². The number of nitrogens with one attached hydrogen (secondary N) is 1. The zero-order valence-corrected chi connectivity index (χ0v) is 10.5. The summed E-state index contributed by atoms with van der Waals surface area (Å²) in [5.41, 5.74) is -1.39. The lowest BCUT2D eigenvalue weighted by Crippen LogP contribution is -2.43. The smallest absolute Gasteiger partial charge is 0.251 e. The first kappa shape index (κ1) is 14.9. The summed E-state index contributed by atoms with van der Waals surface area (Å²) in [6.45, 7) is 8.26. The highest BCUT2D eigenvalue weighted by Crippen LogP contribution is 2.00. The summed E-state index contributed by atoms with van der Waals surface area (Å²) in [4.78, 5) is 24.5. The second kappa shape index (κ2) is 6.48. The summed E-state index contributed by atoms with van der Waals surface area (Å²) in [6, 6.07) is 0. The molecule has 0 saturated carbocycles. The molecular weight excluding hydrogens is 208 g/mol. The number of aliphatic hydroxyl groups is 1. The van der Waals surface area contributed by atoms with Crippen LogP contribution in [0.5, 0.6) is 0 Å². The minimum absolute atomic E-state index is 0.0149. The van der Waals surface area contributed by atoms with Crippen molar-refractivity contribution in [1.82, 2.24) is 10.2 Å². The van der Waals surface area contributed by atoms with Crippen LogP contribution in [0.1, 0.15) is 34.1 Å². The lowest BCUT2D eigenvalue weighted by atomic mass is 10.1. The average molecular weight is 230 g/mol. The van der Waals surface area contributed by atoms with Crippen molar-refractivity contribution in [2.45, 2.75) is 39.7 Å². The molecule has 0 bridgehead atoms. The molecule has 94 valence electrons. The molecular formula is C11H22N2O3. The van der Waals surface area contributed by atoms with E-state index in [1.807, 2.05) is 13.8 Å². The first-order valence-electron chi connectivity index (χ1n) is 5.61. The molecule has 2 amide bonds. The van der Waals surface area contributed by atoms with Gasteiger partial charge in [-0.1, -0.05) is 0 Å². The number of carbonyl (C=O) groups is 2. The van der Waals surface area contributed by atoms with Gasteiger partial charge in [-0.2, -0.15) is 0 Å². The van der Waals surface area contributed by atoms with Crippen molar-refractivity contribution in [2.75, 3.05) is 19.6 Å². The van der Waals surface area contributed by atoms with E-state index in [4.69, 9.17) is 0 Å². The summed E-state index contributed by atoms with van der Waals surface area (Å²) in [6.07, 6.45) is 0.267. The first-order valence-corrected chi connectivity index (χ1v) is 5.61. The summed E-state index contributed by atoms with van der Waals surface area (Å²) in [7, 11) is 0. The zero-order valence-electron chi connectivity index (χ0n) is 10.5. The molecule has 5 heteroatoms. The number of rotatable bonds is 6. The minimum atomic E-state index is -1.39. The molecule has 2 N–H and O–H groups in total. The highest BCUT2D eigenvalue weighted by atomic mass is 16.3. The number of amides is 2. The van der Waals surface area contributed by atoms with Crippen molar-refractivity contribution < 1.29 is 14.7 Å². The van der Waals surface area contributed by atoms with Gasteiger partial charge in [-0.25, -0.2) is 0 Å². The number of hydrogen-bond donors (Lipinski definition) is 2. The molecule has 0 aromatic rings. The fourth-order valence-electron chi connectivity index (χ4n) is 1.23. The van der Waals surface area contributed by atoms with Gasteiger partial charge < -0.3 is 15.3 Å². The lowest BCUT2D eigenvalue weighted by Gasteiger charge is -2.20. The average Bonchev–Trinajstić information content (AvgIpc) is 2.18. The van der Waals surface area contributed by atoms with Crippen LogP contribution in [0.15, 0.2) is 0 Å². The van der Waals surface area contributed by atoms with Crippen LogP contribution < -0.4 is 5.32 Å². The molecule has 0 aromatic heterocycles. The predicted octanol–water partition coefficient (Wildman–Crippen LogP) is 0.132. The Kier molecular flexibility index (Phi) is 6.03. The molecule has 0 saturated heterocycles. The molecule has 5 nitrogen and oxygen atoms in total. The third kappa shape index (κ3) is 5.11. The van der Waals surface area contributed by atoms with Crippen molar-refractivity contribution in [1.29, 1.82) is 0 Å². The van der Waals surface area contributed by atoms with Gasteiger partial charge in [0.05, 0.1) is 0 Å². The van der Waals surface area contributed by atoms with Crippen molar-refractivity contribution in [3.8, 4) is 0 Å². The quantitative estimate of drug-likeness (QED) is 0.681. The maximum Gasteiger partial charge on any atom is 0.251 e.